The van der Waals surface area contributed by atoms with Gasteiger partial charge >= 0.3 is 0 Å². The summed E-state index contributed by atoms with van der Waals surface area (Å²) in [5.41, 5.74) is 6.61. The topological polar surface area (TPSA) is 26.0 Å². The zero-order valence-electron chi connectivity index (χ0n) is 6.10. The van der Waals surface area contributed by atoms with E-state index in [1.54, 1.807) is 0 Å². The summed E-state index contributed by atoms with van der Waals surface area (Å²) in [4.78, 5) is 0.900. The molecule has 0 aliphatic carbocycles. The zero-order chi connectivity index (χ0) is 8.43. The molecule has 1 atom stereocenters. The predicted molar refractivity (Wildman–Crippen MR) is 49.7 cm³/mol. The molecule has 0 bridgehead atoms. The Kier molecular flexibility index (Phi) is 3.04. The van der Waals surface area contributed by atoms with E-state index in [0.717, 1.165) is 14.2 Å². The first-order valence-electron chi connectivity index (χ1n) is 3.22. The third kappa shape index (κ3) is 2.01. The summed E-state index contributed by atoms with van der Waals surface area (Å²) in [6.45, 7) is 1.47. The van der Waals surface area contributed by atoms with Crippen LogP contribution < -0.4 is 5.73 Å². The molecule has 1 nitrogen and oxygen atoms in total. The van der Waals surface area contributed by atoms with Crippen LogP contribution in [-0.2, 0) is 0 Å². The molecule has 0 saturated heterocycles. The molecule has 4 heteroatoms. The molecule has 11 heavy (non-hydrogen) atoms. The summed E-state index contributed by atoms with van der Waals surface area (Å²) in [6.07, 6.45) is 0. The van der Waals surface area contributed by atoms with Crippen molar-refractivity contribution >= 4 is 27.3 Å². The molecule has 0 aromatic carbocycles. The van der Waals surface area contributed by atoms with Gasteiger partial charge in [-0.15, -0.1) is 11.3 Å². The van der Waals surface area contributed by atoms with Crippen molar-refractivity contribution in [3.63, 3.8) is 0 Å². The van der Waals surface area contributed by atoms with E-state index in [4.69, 9.17) is 5.73 Å². The van der Waals surface area contributed by atoms with Gasteiger partial charge in [0.25, 0.3) is 0 Å². The van der Waals surface area contributed by atoms with Crippen LogP contribution in [-0.4, -0.2) is 6.67 Å². The van der Waals surface area contributed by atoms with Crippen LogP contribution in [0.4, 0.5) is 4.39 Å². The van der Waals surface area contributed by atoms with Gasteiger partial charge in [0.05, 0.1) is 9.83 Å². The summed E-state index contributed by atoms with van der Waals surface area (Å²) >= 11 is 4.85. The van der Waals surface area contributed by atoms with E-state index in [-0.39, 0.29) is 0 Å². The van der Waals surface area contributed by atoms with Crippen LogP contribution in [0.25, 0.3) is 0 Å². The van der Waals surface area contributed by atoms with Gasteiger partial charge in [-0.05, 0) is 34.5 Å². The van der Waals surface area contributed by atoms with E-state index in [1.807, 2.05) is 13.0 Å². The number of halogens is 2. The lowest BCUT2D eigenvalue weighted by atomic mass is 10.2. The Hall–Kier alpha value is 0.0700. The van der Waals surface area contributed by atoms with E-state index < -0.39 is 12.7 Å². The Morgan fingerprint density at radius 1 is 1.82 bits per heavy atom. The number of rotatable bonds is 2. The maximum atomic E-state index is 12.1. The molecule has 0 saturated carbocycles. The Morgan fingerprint density at radius 3 is 2.82 bits per heavy atom. The second-order valence-electron chi connectivity index (χ2n) is 2.37. The van der Waals surface area contributed by atoms with Crippen molar-refractivity contribution in [3.8, 4) is 0 Å². The van der Waals surface area contributed by atoms with Crippen LogP contribution in [0.2, 0.25) is 0 Å². The van der Waals surface area contributed by atoms with Gasteiger partial charge in [-0.3, -0.25) is 0 Å². The maximum absolute atomic E-state index is 12.1. The number of hydrogen-bond donors (Lipinski definition) is 1. The molecule has 2 N–H and O–H groups in total. The average molecular weight is 238 g/mol. The lowest BCUT2D eigenvalue weighted by Gasteiger charge is -2.00. The average Bonchev–Trinajstić information content (AvgIpc) is 2.31. The third-order valence-corrected chi connectivity index (χ3v) is 3.68. The van der Waals surface area contributed by atoms with E-state index in [0.29, 0.717) is 0 Å². The van der Waals surface area contributed by atoms with Gasteiger partial charge in [-0.25, -0.2) is 4.39 Å². The summed E-state index contributed by atoms with van der Waals surface area (Å²) in [5.74, 6) is 0. The largest absolute Gasteiger partial charge is 0.321 e. The fourth-order valence-electron chi connectivity index (χ4n) is 0.742. The molecule has 1 aromatic heterocycles. The van der Waals surface area contributed by atoms with Gasteiger partial charge < -0.3 is 5.73 Å². The first-order chi connectivity index (χ1) is 5.15. The van der Waals surface area contributed by atoms with Gasteiger partial charge in [-0.1, -0.05) is 0 Å². The highest BCUT2D eigenvalue weighted by atomic mass is 79.9. The number of aryl methyl sites for hydroxylation is 1. The number of thiophene rings is 1. The molecule has 0 aliphatic heterocycles. The summed E-state index contributed by atoms with van der Waals surface area (Å²) in [5, 5.41) is 0. The van der Waals surface area contributed by atoms with E-state index in [9.17, 15) is 4.39 Å². The monoisotopic (exact) mass is 237 g/mol. The lowest BCUT2D eigenvalue weighted by molar-refractivity contribution is 0.440. The van der Waals surface area contributed by atoms with Crippen LogP contribution in [0.15, 0.2) is 9.85 Å². The fourth-order valence-corrected chi connectivity index (χ4v) is 2.29. The van der Waals surface area contributed by atoms with Gasteiger partial charge in [0, 0.05) is 4.88 Å². The van der Waals surface area contributed by atoms with Gasteiger partial charge in [0.15, 0.2) is 0 Å². The predicted octanol–water partition coefficient (Wildman–Crippen LogP) is 2.79. The van der Waals surface area contributed by atoms with E-state index in [1.165, 1.54) is 11.3 Å². The van der Waals surface area contributed by atoms with Gasteiger partial charge in [0.2, 0.25) is 0 Å². The number of alkyl halides is 1. The summed E-state index contributed by atoms with van der Waals surface area (Å²) < 4.78 is 13.1. The minimum absolute atomic E-state index is 0.454. The highest BCUT2D eigenvalue weighted by molar-refractivity contribution is 9.11. The van der Waals surface area contributed by atoms with Crippen LogP contribution in [0, 0.1) is 6.92 Å². The second-order valence-corrected chi connectivity index (χ2v) is 4.77. The summed E-state index contributed by atoms with van der Waals surface area (Å²) in [6, 6.07) is 1.46. The lowest BCUT2D eigenvalue weighted by Crippen LogP contribution is -2.09. The molecule has 1 rings (SSSR count). The van der Waals surface area contributed by atoms with Crippen LogP contribution in [0.3, 0.4) is 0 Å². The molecule has 0 spiro atoms. The first kappa shape index (κ1) is 9.16. The van der Waals surface area contributed by atoms with Crippen molar-refractivity contribution in [2.45, 2.75) is 13.0 Å². The molecule has 0 aliphatic rings. The van der Waals surface area contributed by atoms with Crippen molar-refractivity contribution in [2.75, 3.05) is 6.67 Å². The van der Waals surface area contributed by atoms with Crippen LogP contribution >= 0.6 is 27.3 Å². The maximum Gasteiger partial charge on any atom is 0.109 e. The SMILES string of the molecule is Cc1cc([C@@H](N)CF)sc1Br. The number of nitrogens with two attached hydrogens (primary N) is 1. The van der Waals surface area contributed by atoms with Crippen molar-refractivity contribution < 1.29 is 4.39 Å². The highest BCUT2D eigenvalue weighted by Gasteiger charge is 2.09. The standard InChI is InChI=1S/C7H9BrFNS/c1-4-2-6(5(10)3-9)11-7(4)8/h2,5H,3,10H2,1H3/t5-/m0/s1. The van der Waals surface area contributed by atoms with Crippen molar-refractivity contribution in [1.82, 2.24) is 0 Å². The van der Waals surface area contributed by atoms with Gasteiger partial charge in [-0.2, -0.15) is 0 Å². The Labute approximate surface area is 77.5 Å². The molecular formula is C7H9BrFNS. The Balaban J connectivity index is 2.88. The molecule has 0 unspecified atom stereocenters. The molecule has 0 radical (unpaired) electrons. The van der Waals surface area contributed by atoms with Crippen LogP contribution in [0.5, 0.6) is 0 Å². The minimum atomic E-state index is -0.494. The first-order valence-corrected chi connectivity index (χ1v) is 4.83. The minimum Gasteiger partial charge on any atom is -0.321 e. The zero-order valence-corrected chi connectivity index (χ0v) is 8.51. The summed E-state index contributed by atoms with van der Waals surface area (Å²) in [7, 11) is 0. The number of hydrogen-bond acceptors (Lipinski definition) is 2. The Morgan fingerprint density at radius 2 is 2.45 bits per heavy atom. The molecule has 0 fully saturated rings. The smallest absolute Gasteiger partial charge is 0.109 e. The third-order valence-electron chi connectivity index (χ3n) is 1.41. The fraction of sp³-hybridized carbons (Fsp3) is 0.429. The molecule has 62 valence electrons. The van der Waals surface area contributed by atoms with Crippen molar-refractivity contribution in [2.24, 2.45) is 5.73 Å². The molecule has 1 aromatic rings. The van der Waals surface area contributed by atoms with Gasteiger partial charge in [0.1, 0.15) is 6.67 Å². The van der Waals surface area contributed by atoms with Crippen molar-refractivity contribution in [3.05, 3.63) is 20.3 Å². The second kappa shape index (κ2) is 3.65. The molecule has 1 heterocycles. The van der Waals surface area contributed by atoms with E-state index >= 15 is 0 Å². The quantitative estimate of drug-likeness (QED) is 0.842. The van der Waals surface area contributed by atoms with E-state index in [2.05, 4.69) is 15.9 Å². The molecular weight excluding hydrogens is 229 g/mol. The Bertz CT molecular complexity index is 229. The van der Waals surface area contributed by atoms with Crippen LogP contribution in [0.1, 0.15) is 16.5 Å². The normalized spacial score (nSPS) is 13.5. The molecule has 0 amide bonds. The van der Waals surface area contributed by atoms with Crippen molar-refractivity contribution in [1.29, 1.82) is 0 Å². The highest BCUT2D eigenvalue weighted by Crippen LogP contribution is 2.30.